The molecule has 8 heteroatoms. The number of aliphatic hydroxyl groups excluding tert-OH is 1. The maximum Gasteiger partial charge on any atom is 0.319 e. The van der Waals surface area contributed by atoms with Crippen LogP contribution in [0.15, 0.2) is 78.9 Å². The number of amides is 2. The largest absolute Gasteiger partial charge is 0.392 e. The Hall–Kier alpha value is -3.27. The van der Waals surface area contributed by atoms with Gasteiger partial charge in [-0.2, -0.15) is 0 Å². The molecule has 0 radical (unpaired) electrons. The Morgan fingerprint density at radius 1 is 0.814 bits per heavy atom. The molecule has 3 aromatic rings. The van der Waals surface area contributed by atoms with Crippen molar-refractivity contribution in [1.29, 1.82) is 0 Å². The number of ether oxygens (including phenoxy) is 2. The van der Waals surface area contributed by atoms with Gasteiger partial charge >= 0.3 is 6.03 Å². The number of likely N-dealkylation sites (tertiary alicyclic amines) is 2. The molecular formula is C35H44N4O4. The van der Waals surface area contributed by atoms with Crippen LogP contribution in [0.1, 0.15) is 66.8 Å². The molecule has 3 aromatic carbocycles. The number of anilines is 1. The molecule has 43 heavy (non-hydrogen) atoms. The van der Waals surface area contributed by atoms with Gasteiger partial charge in [0.2, 0.25) is 0 Å². The van der Waals surface area contributed by atoms with Crippen LogP contribution in [-0.2, 0) is 22.6 Å². The van der Waals surface area contributed by atoms with Crippen LogP contribution in [-0.4, -0.2) is 65.8 Å². The first-order valence-corrected chi connectivity index (χ1v) is 15.8. The Balaban J connectivity index is 1.12. The van der Waals surface area contributed by atoms with Gasteiger partial charge in [-0.05, 0) is 74.1 Å². The summed E-state index contributed by atoms with van der Waals surface area (Å²) in [5, 5.41) is 15.3. The smallest absolute Gasteiger partial charge is 0.319 e. The molecule has 0 aliphatic carbocycles. The second-order valence-electron chi connectivity index (χ2n) is 12.1. The van der Waals surface area contributed by atoms with Gasteiger partial charge in [-0.25, -0.2) is 4.79 Å². The number of carbonyl (C=O) groups is 1. The minimum Gasteiger partial charge on any atom is -0.392 e. The number of rotatable bonds is 10. The molecule has 3 N–H and O–H groups in total. The van der Waals surface area contributed by atoms with Crippen molar-refractivity contribution in [2.24, 2.45) is 0 Å². The van der Waals surface area contributed by atoms with E-state index in [-0.39, 0.29) is 24.8 Å². The molecule has 3 saturated heterocycles. The highest BCUT2D eigenvalue weighted by molar-refractivity contribution is 5.89. The molecule has 0 bridgehead atoms. The monoisotopic (exact) mass is 584 g/mol. The Bertz CT molecular complexity index is 1300. The van der Waals surface area contributed by atoms with E-state index < -0.39 is 6.29 Å². The number of hydrogen-bond donors (Lipinski definition) is 3. The zero-order valence-corrected chi connectivity index (χ0v) is 24.9. The zero-order chi connectivity index (χ0) is 29.4. The summed E-state index contributed by atoms with van der Waals surface area (Å²) in [5.41, 5.74) is 4.66. The minimum absolute atomic E-state index is 0.0260. The molecule has 3 aliphatic heterocycles. The first-order valence-electron chi connectivity index (χ1n) is 15.8. The summed E-state index contributed by atoms with van der Waals surface area (Å²) in [6.45, 7) is 6.12. The Labute approximate surface area is 255 Å². The van der Waals surface area contributed by atoms with Gasteiger partial charge in [-0.15, -0.1) is 0 Å². The number of aliphatic hydroxyl groups is 1. The Kier molecular flexibility index (Phi) is 10.0. The van der Waals surface area contributed by atoms with E-state index in [9.17, 15) is 9.90 Å². The quantitative estimate of drug-likeness (QED) is 0.287. The molecule has 3 aliphatic rings. The van der Waals surface area contributed by atoms with Crippen LogP contribution in [0.5, 0.6) is 0 Å². The van der Waals surface area contributed by atoms with Crippen molar-refractivity contribution >= 4 is 11.7 Å². The van der Waals surface area contributed by atoms with Crippen molar-refractivity contribution in [2.45, 2.75) is 69.8 Å². The molecule has 228 valence electrons. The van der Waals surface area contributed by atoms with Gasteiger partial charge in [-0.3, -0.25) is 4.90 Å². The highest BCUT2D eigenvalue weighted by atomic mass is 16.7. The lowest BCUT2D eigenvalue weighted by Gasteiger charge is -2.39. The maximum atomic E-state index is 12.5. The second-order valence-corrected chi connectivity index (χ2v) is 12.1. The molecule has 0 spiro atoms. The lowest BCUT2D eigenvalue weighted by atomic mass is 9.99. The van der Waals surface area contributed by atoms with Crippen LogP contribution in [0.4, 0.5) is 10.5 Å². The summed E-state index contributed by atoms with van der Waals surface area (Å²) in [6, 6.07) is 26.0. The van der Waals surface area contributed by atoms with Gasteiger partial charge in [-0.1, -0.05) is 66.7 Å². The van der Waals surface area contributed by atoms with Gasteiger partial charge in [0.15, 0.2) is 6.29 Å². The van der Waals surface area contributed by atoms with Gasteiger partial charge < -0.3 is 30.1 Å². The summed E-state index contributed by atoms with van der Waals surface area (Å²) < 4.78 is 13.2. The molecule has 8 nitrogen and oxygen atoms in total. The van der Waals surface area contributed by atoms with Crippen molar-refractivity contribution in [1.82, 2.24) is 15.1 Å². The fourth-order valence-electron chi connectivity index (χ4n) is 6.58. The molecular weight excluding hydrogens is 540 g/mol. The van der Waals surface area contributed by atoms with Gasteiger partial charge in [0.05, 0.1) is 18.8 Å². The van der Waals surface area contributed by atoms with Crippen molar-refractivity contribution in [3.8, 4) is 0 Å². The number of nitrogens with zero attached hydrogens (tertiary/aromatic N) is 2. The summed E-state index contributed by atoms with van der Waals surface area (Å²) in [6.07, 6.45) is 5.32. The van der Waals surface area contributed by atoms with Crippen LogP contribution >= 0.6 is 0 Å². The topological polar surface area (TPSA) is 86.3 Å². The van der Waals surface area contributed by atoms with Crippen LogP contribution in [0.2, 0.25) is 0 Å². The predicted octanol–water partition coefficient (Wildman–Crippen LogP) is 5.61. The zero-order valence-electron chi connectivity index (χ0n) is 24.9. The normalized spacial score (nSPS) is 24.7. The third-order valence-corrected chi connectivity index (χ3v) is 8.96. The van der Waals surface area contributed by atoms with E-state index in [4.69, 9.17) is 9.47 Å². The highest BCUT2D eigenvalue weighted by Gasteiger charge is 2.36. The van der Waals surface area contributed by atoms with E-state index in [0.29, 0.717) is 18.3 Å². The minimum atomic E-state index is -0.512. The number of nitrogens with one attached hydrogen (secondary N) is 2. The van der Waals surface area contributed by atoms with E-state index in [0.717, 1.165) is 48.3 Å². The average Bonchev–Trinajstić information content (AvgIpc) is 3.73. The molecule has 3 heterocycles. The third kappa shape index (κ3) is 8.02. The Morgan fingerprint density at radius 3 is 2.30 bits per heavy atom. The van der Waals surface area contributed by atoms with E-state index in [1.165, 1.54) is 38.8 Å². The molecule has 4 atom stereocenters. The first-order chi connectivity index (χ1) is 21.1. The van der Waals surface area contributed by atoms with Crippen LogP contribution in [0, 0.1) is 0 Å². The lowest BCUT2D eigenvalue weighted by molar-refractivity contribution is -0.253. The number of urea groups is 1. The fraction of sp³-hybridized carbons (Fsp3) is 0.457. The standard InChI is InChI=1S/C35H44N4O4/c40-25-27-10-12-28(13-11-27)33-21-32(24-39-20-6-9-31(39)23-38-18-4-5-19-38)42-34(43-33)29-14-16-30(17-15-29)37-35(41)36-22-26-7-2-1-3-8-26/h1-3,7-8,10-17,31-34,40H,4-6,9,18-25H2,(H2,36,37,41)/t31-,32+,33-,34-/m0/s1. The summed E-state index contributed by atoms with van der Waals surface area (Å²) in [4.78, 5) is 17.7. The number of hydrogen-bond acceptors (Lipinski definition) is 6. The van der Waals surface area contributed by atoms with E-state index in [2.05, 4.69) is 32.6 Å². The second kappa shape index (κ2) is 14.5. The summed E-state index contributed by atoms with van der Waals surface area (Å²) >= 11 is 0. The number of carbonyl (C=O) groups excluding carboxylic acids is 1. The first kappa shape index (κ1) is 29.8. The van der Waals surface area contributed by atoms with Crippen molar-refractivity contribution in [2.75, 3.05) is 38.0 Å². The van der Waals surface area contributed by atoms with Crippen molar-refractivity contribution < 1.29 is 19.4 Å². The van der Waals surface area contributed by atoms with Gasteiger partial charge in [0.1, 0.15) is 0 Å². The van der Waals surface area contributed by atoms with Gasteiger partial charge in [0, 0.05) is 43.3 Å². The van der Waals surface area contributed by atoms with Crippen molar-refractivity contribution in [3.05, 3.63) is 101 Å². The predicted molar refractivity (Wildman–Crippen MR) is 167 cm³/mol. The van der Waals surface area contributed by atoms with Crippen molar-refractivity contribution in [3.63, 3.8) is 0 Å². The van der Waals surface area contributed by atoms with Crippen LogP contribution in [0.3, 0.4) is 0 Å². The van der Waals surface area contributed by atoms with Gasteiger partial charge in [0.25, 0.3) is 0 Å². The summed E-state index contributed by atoms with van der Waals surface area (Å²) in [7, 11) is 0. The molecule has 0 aromatic heterocycles. The van der Waals surface area contributed by atoms with Crippen LogP contribution in [0.25, 0.3) is 0 Å². The van der Waals surface area contributed by atoms with E-state index in [1.54, 1.807) is 0 Å². The molecule has 3 fully saturated rings. The average molecular weight is 585 g/mol. The van der Waals surface area contributed by atoms with E-state index >= 15 is 0 Å². The van der Waals surface area contributed by atoms with E-state index in [1.807, 2.05) is 66.7 Å². The Morgan fingerprint density at radius 2 is 1.56 bits per heavy atom. The molecule has 2 amide bonds. The fourth-order valence-corrected chi connectivity index (χ4v) is 6.58. The molecule has 6 rings (SSSR count). The molecule has 0 saturated carbocycles. The lowest BCUT2D eigenvalue weighted by Crippen LogP contribution is -2.45. The SMILES string of the molecule is O=C(NCc1ccccc1)Nc1ccc([C@H]2O[C@@H](CN3CCC[C@H]3CN3CCCC3)C[C@@H](c3ccc(CO)cc3)O2)cc1. The molecule has 0 unspecified atom stereocenters. The summed E-state index contributed by atoms with van der Waals surface area (Å²) in [5.74, 6) is 0. The highest BCUT2D eigenvalue weighted by Crippen LogP contribution is 2.39. The number of benzene rings is 3. The van der Waals surface area contributed by atoms with Crippen LogP contribution < -0.4 is 10.6 Å². The maximum absolute atomic E-state index is 12.5. The third-order valence-electron chi connectivity index (χ3n) is 8.96.